The van der Waals surface area contributed by atoms with Crippen LogP contribution in [0.1, 0.15) is 39.8 Å². The first kappa shape index (κ1) is 16.7. The van der Waals surface area contributed by atoms with Crippen LogP contribution in [0.4, 0.5) is 11.8 Å². The summed E-state index contributed by atoms with van der Waals surface area (Å²) in [4.78, 5) is 11.3. The first-order valence-electron chi connectivity index (χ1n) is 7.67. The minimum Gasteiger partial charge on any atom is -0.366 e. The van der Waals surface area contributed by atoms with Crippen molar-refractivity contribution in [3.8, 4) is 0 Å². The van der Waals surface area contributed by atoms with Crippen LogP contribution in [0.5, 0.6) is 0 Å². The summed E-state index contributed by atoms with van der Waals surface area (Å²) in [6.45, 7) is 14.8. The third-order valence-corrected chi connectivity index (χ3v) is 3.21. The molecule has 1 heterocycles. The van der Waals surface area contributed by atoms with Gasteiger partial charge in [0.25, 0.3) is 0 Å². The smallest absolute Gasteiger partial charge is 0.224 e. The van der Waals surface area contributed by atoms with Crippen molar-refractivity contribution in [2.45, 2.75) is 47.1 Å². The molecule has 0 saturated carbocycles. The Balaban J connectivity index is 2.64. The number of anilines is 2. The summed E-state index contributed by atoms with van der Waals surface area (Å²) in [5, 5.41) is 6.71. The predicted octanol–water partition coefficient (Wildman–Crippen LogP) is 2.75. The van der Waals surface area contributed by atoms with E-state index in [4.69, 9.17) is 0 Å². The second-order valence-electron chi connectivity index (χ2n) is 5.18. The summed E-state index contributed by atoms with van der Waals surface area (Å²) in [5.41, 5.74) is 0.983. The number of likely N-dealkylation sites (N-methyl/N-ethyl adjacent to an activating group) is 1. The number of aromatic nitrogens is 2. The van der Waals surface area contributed by atoms with Crippen molar-refractivity contribution in [3.05, 3.63) is 11.8 Å². The molecule has 20 heavy (non-hydrogen) atoms. The molecule has 0 aliphatic heterocycles. The fourth-order valence-electron chi connectivity index (χ4n) is 2.13. The van der Waals surface area contributed by atoms with Crippen LogP contribution in [-0.4, -0.2) is 47.1 Å². The Labute approximate surface area is 123 Å². The van der Waals surface area contributed by atoms with Gasteiger partial charge in [-0.25, -0.2) is 4.98 Å². The maximum absolute atomic E-state index is 4.52. The minimum atomic E-state index is 0.364. The van der Waals surface area contributed by atoms with Gasteiger partial charge in [0, 0.05) is 30.9 Å². The third-order valence-electron chi connectivity index (χ3n) is 3.21. The minimum absolute atomic E-state index is 0.364. The maximum atomic E-state index is 4.52. The van der Waals surface area contributed by atoms with E-state index in [1.165, 1.54) is 0 Å². The van der Waals surface area contributed by atoms with Crippen LogP contribution in [-0.2, 0) is 0 Å². The zero-order valence-corrected chi connectivity index (χ0v) is 13.5. The topological polar surface area (TPSA) is 53.1 Å². The first-order chi connectivity index (χ1) is 9.58. The molecule has 1 aromatic rings. The van der Waals surface area contributed by atoms with E-state index in [9.17, 15) is 0 Å². The van der Waals surface area contributed by atoms with E-state index in [2.05, 4.69) is 53.2 Å². The number of nitrogens with one attached hydrogen (secondary N) is 2. The summed E-state index contributed by atoms with van der Waals surface area (Å²) < 4.78 is 0. The first-order valence-corrected chi connectivity index (χ1v) is 7.67. The molecular formula is C15H29N5. The Morgan fingerprint density at radius 3 is 2.50 bits per heavy atom. The highest BCUT2D eigenvalue weighted by Crippen LogP contribution is 2.11. The van der Waals surface area contributed by atoms with E-state index in [-0.39, 0.29) is 0 Å². The van der Waals surface area contributed by atoms with E-state index < -0.39 is 0 Å². The molecule has 0 aliphatic carbocycles. The summed E-state index contributed by atoms with van der Waals surface area (Å²) in [6, 6.07) is 2.36. The average molecular weight is 279 g/mol. The van der Waals surface area contributed by atoms with Crippen molar-refractivity contribution >= 4 is 11.8 Å². The highest BCUT2D eigenvalue weighted by atomic mass is 15.2. The predicted molar refractivity (Wildman–Crippen MR) is 86.4 cm³/mol. The van der Waals surface area contributed by atoms with Crippen molar-refractivity contribution in [1.29, 1.82) is 0 Å². The van der Waals surface area contributed by atoms with Gasteiger partial charge in [0.2, 0.25) is 5.95 Å². The zero-order chi connectivity index (χ0) is 15.0. The molecule has 5 heteroatoms. The number of rotatable bonds is 9. The molecule has 0 saturated heterocycles. The molecule has 1 rings (SSSR count). The van der Waals surface area contributed by atoms with E-state index in [0.717, 1.165) is 44.1 Å². The Kier molecular flexibility index (Phi) is 7.30. The maximum Gasteiger partial charge on any atom is 0.224 e. The van der Waals surface area contributed by atoms with Gasteiger partial charge in [0.15, 0.2) is 0 Å². The molecule has 0 radical (unpaired) electrons. The Bertz CT molecular complexity index is 390. The van der Waals surface area contributed by atoms with Crippen molar-refractivity contribution in [3.63, 3.8) is 0 Å². The van der Waals surface area contributed by atoms with Crippen LogP contribution in [0.25, 0.3) is 0 Å². The third kappa shape index (κ3) is 5.74. The molecule has 0 bridgehead atoms. The van der Waals surface area contributed by atoms with Crippen molar-refractivity contribution in [1.82, 2.24) is 14.9 Å². The quantitative estimate of drug-likeness (QED) is 0.728. The summed E-state index contributed by atoms with van der Waals surface area (Å²) in [6.07, 6.45) is 1.07. The van der Waals surface area contributed by atoms with Gasteiger partial charge in [-0.1, -0.05) is 20.8 Å². The molecular weight excluding hydrogens is 250 g/mol. The molecule has 1 unspecified atom stereocenters. The van der Waals surface area contributed by atoms with Gasteiger partial charge in [0.05, 0.1) is 0 Å². The Hall–Kier alpha value is -1.36. The fourth-order valence-corrected chi connectivity index (χ4v) is 2.13. The molecule has 0 spiro atoms. The van der Waals surface area contributed by atoms with Crippen molar-refractivity contribution < 1.29 is 0 Å². The van der Waals surface area contributed by atoms with E-state index in [1.54, 1.807) is 0 Å². The molecule has 5 nitrogen and oxygen atoms in total. The lowest BCUT2D eigenvalue weighted by Gasteiger charge is -2.24. The SMILES string of the molecule is CCCNc1nc(C)cc(NC(C)CN(CC)CC)n1. The monoisotopic (exact) mass is 279 g/mol. The molecule has 0 amide bonds. The van der Waals surface area contributed by atoms with Gasteiger partial charge in [-0.2, -0.15) is 4.98 Å². The van der Waals surface area contributed by atoms with Gasteiger partial charge in [-0.3, -0.25) is 0 Å². The molecule has 114 valence electrons. The van der Waals surface area contributed by atoms with Crippen molar-refractivity contribution in [2.75, 3.05) is 36.8 Å². The van der Waals surface area contributed by atoms with Gasteiger partial charge >= 0.3 is 0 Å². The van der Waals surface area contributed by atoms with Crippen LogP contribution in [0.2, 0.25) is 0 Å². The average Bonchev–Trinajstić information content (AvgIpc) is 2.41. The Morgan fingerprint density at radius 1 is 1.20 bits per heavy atom. The fraction of sp³-hybridized carbons (Fsp3) is 0.733. The Morgan fingerprint density at radius 2 is 1.90 bits per heavy atom. The second-order valence-corrected chi connectivity index (χ2v) is 5.18. The molecule has 1 aromatic heterocycles. The molecule has 0 aliphatic rings. The van der Waals surface area contributed by atoms with Crippen LogP contribution in [0, 0.1) is 6.92 Å². The van der Waals surface area contributed by atoms with Crippen LogP contribution in [0.15, 0.2) is 6.07 Å². The normalized spacial score (nSPS) is 12.5. The highest BCUT2D eigenvalue weighted by molar-refractivity contribution is 5.42. The lowest BCUT2D eigenvalue weighted by Crippen LogP contribution is -2.35. The zero-order valence-electron chi connectivity index (χ0n) is 13.5. The number of hydrogen-bond acceptors (Lipinski definition) is 5. The molecule has 2 N–H and O–H groups in total. The van der Waals surface area contributed by atoms with Gasteiger partial charge in [0.1, 0.15) is 5.82 Å². The molecule has 0 aromatic carbocycles. The van der Waals surface area contributed by atoms with Crippen LogP contribution < -0.4 is 10.6 Å². The standard InChI is InChI=1S/C15H29N5/c1-6-9-16-15-18-12(4)10-14(19-15)17-13(5)11-20(7-2)8-3/h10,13H,6-9,11H2,1-5H3,(H2,16,17,18,19). The molecule has 1 atom stereocenters. The lowest BCUT2D eigenvalue weighted by atomic mass is 10.3. The number of aryl methyl sites for hydroxylation is 1. The van der Waals surface area contributed by atoms with E-state index in [1.807, 2.05) is 13.0 Å². The van der Waals surface area contributed by atoms with Crippen LogP contribution in [0.3, 0.4) is 0 Å². The largest absolute Gasteiger partial charge is 0.366 e. The van der Waals surface area contributed by atoms with Gasteiger partial charge < -0.3 is 15.5 Å². The van der Waals surface area contributed by atoms with Gasteiger partial charge in [-0.05, 0) is 33.4 Å². The second kappa shape index (κ2) is 8.74. The van der Waals surface area contributed by atoms with E-state index in [0.29, 0.717) is 12.0 Å². The lowest BCUT2D eigenvalue weighted by molar-refractivity contribution is 0.294. The summed E-state index contributed by atoms with van der Waals surface area (Å²) in [5.74, 6) is 1.61. The number of hydrogen-bond donors (Lipinski definition) is 2. The summed E-state index contributed by atoms with van der Waals surface area (Å²) in [7, 11) is 0. The van der Waals surface area contributed by atoms with Gasteiger partial charge in [-0.15, -0.1) is 0 Å². The van der Waals surface area contributed by atoms with Crippen molar-refractivity contribution in [2.24, 2.45) is 0 Å². The summed E-state index contributed by atoms with van der Waals surface area (Å²) >= 11 is 0. The molecule has 0 fully saturated rings. The highest BCUT2D eigenvalue weighted by Gasteiger charge is 2.09. The van der Waals surface area contributed by atoms with Crippen LogP contribution >= 0.6 is 0 Å². The van der Waals surface area contributed by atoms with E-state index >= 15 is 0 Å². The number of nitrogens with zero attached hydrogens (tertiary/aromatic N) is 3.